The van der Waals surface area contributed by atoms with Gasteiger partial charge in [-0.05, 0) is 48.6 Å². The normalized spacial score (nSPS) is 27.5. The smallest absolute Gasteiger partial charge is 0.251 e. The number of hydrogen-bond donors (Lipinski definition) is 1. The zero-order valence-electron chi connectivity index (χ0n) is 23.9. The Morgan fingerprint density at radius 1 is 1.10 bits per heavy atom. The molecule has 1 N–H and O–H groups in total. The second-order valence-electron chi connectivity index (χ2n) is 11.4. The highest BCUT2D eigenvalue weighted by Gasteiger charge is 2.76. The summed E-state index contributed by atoms with van der Waals surface area (Å²) < 4.78 is -0.757. The standard InChI is InChI=1S/C33H38ClN3O4S/c1-4-16-35(21-23-10-7-6-8-11-23)30(39)27-26-20-22(3)33(42-26)28(27)31(40)37(18-9-19-38)29(33)32(41)36(17-5-2)25-14-12-24(34)13-15-25/h4-8,10-15,22,26-29,38H,1-2,9,16-21H2,3H3/t22?,26-,27+,28+,29?,33?/m1/s1. The third kappa shape index (κ3) is 5.18. The van der Waals surface area contributed by atoms with Crippen molar-refractivity contribution in [2.45, 2.75) is 42.3 Å². The third-order valence-corrected chi connectivity index (χ3v) is 11.2. The van der Waals surface area contributed by atoms with Gasteiger partial charge in [-0.15, -0.1) is 24.9 Å². The van der Waals surface area contributed by atoms with Crippen molar-refractivity contribution in [1.29, 1.82) is 0 Å². The summed E-state index contributed by atoms with van der Waals surface area (Å²) in [6, 6.07) is 16.1. The molecular weight excluding hydrogens is 570 g/mol. The summed E-state index contributed by atoms with van der Waals surface area (Å²) in [4.78, 5) is 48.4. The summed E-state index contributed by atoms with van der Waals surface area (Å²) in [6.07, 6.45) is 4.48. The van der Waals surface area contributed by atoms with E-state index in [-0.39, 0.29) is 48.6 Å². The van der Waals surface area contributed by atoms with Crippen LogP contribution in [-0.2, 0) is 20.9 Å². The molecule has 3 amide bonds. The molecule has 3 aliphatic rings. The molecule has 1 spiro atoms. The number of aliphatic hydroxyl groups is 1. The van der Waals surface area contributed by atoms with Crippen LogP contribution < -0.4 is 4.90 Å². The summed E-state index contributed by atoms with van der Waals surface area (Å²) in [5.74, 6) is -1.58. The van der Waals surface area contributed by atoms with E-state index in [4.69, 9.17) is 11.6 Å². The van der Waals surface area contributed by atoms with Crippen molar-refractivity contribution in [3.05, 3.63) is 90.5 Å². The number of anilines is 1. The molecule has 3 fully saturated rings. The minimum atomic E-state index is -0.776. The quantitative estimate of drug-likeness (QED) is 0.351. The van der Waals surface area contributed by atoms with Crippen molar-refractivity contribution in [2.75, 3.05) is 31.1 Å². The summed E-state index contributed by atoms with van der Waals surface area (Å²) in [5, 5.41) is 10.2. The number of thioether (sulfide) groups is 1. The molecule has 3 unspecified atom stereocenters. The first-order valence-electron chi connectivity index (χ1n) is 14.5. The van der Waals surface area contributed by atoms with Crippen molar-refractivity contribution < 1.29 is 19.5 Å². The first kappa shape index (κ1) is 30.4. The number of benzene rings is 2. The predicted molar refractivity (Wildman–Crippen MR) is 168 cm³/mol. The van der Waals surface area contributed by atoms with E-state index in [1.807, 2.05) is 30.3 Å². The number of carbonyl (C=O) groups excluding carboxylic acids is 3. The van der Waals surface area contributed by atoms with E-state index >= 15 is 0 Å². The number of halogens is 1. The minimum Gasteiger partial charge on any atom is -0.396 e. The molecule has 2 aromatic rings. The van der Waals surface area contributed by atoms with Gasteiger partial charge in [0.1, 0.15) is 6.04 Å². The largest absolute Gasteiger partial charge is 0.396 e. The number of carbonyl (C=O) groups is 3. The monoisotopic (exact) mass is 607 g/mol. The van der Waals surface area contributed by atoms with Crippen LogP contribution in [0.15, 0.2) is 79.9 Å². The van der Waals surface area contributed by atoms with Crippen LogP contribution in [0, 0.1) is 17.8 Å². The van der Waals surface area contributed by atoms with Gasteiger partial charge in [-0.3, -0.25) is 14.4 Å². The molecular formula is C33H38ClN3O4S. The highest BCUT2D eigenvalue weighted by Crippen LogP contribution is 2.69. The summed E-state index contributed by atoms with van der Waals surface area (Å²) in [7, 11) is 0. The van der Waals surface area contributed by atoms with Gasteiger partial charge in [0, 0.05) is 48.7 Å². The highest BCUT2D eigenvalue weighted by molar-refractivity contribution is 8.02. The maximum absolute atomic E-state index is 14.6. The average molecular weight is 608 g/mol. The van der Waals surface area contributed by atoms with E-state index in [0.29, 0.717) is 30.2 Å². The Labute approximate surface area is 257 Å². The van der Waals surface area contributed by atoms with Gasteiger partial charge < -0.3 is 19.8 Å². The molecule has 3 saturated heterocycles. The van der Waals surface area contributed by atoms with Crippen LogP contribution in [-0.4, -0.2) is 74.9 Å². The van der Waals surface area contributed by atoms with E-state index in [1.54, 1.807) is 62.9 Å². The molecule has 2 bridgehead atoms. The van der Waals surface area contributed by atoms with Crippen molar-refractivity contribution in [3.63, 3.8) is 0 Å². The molecule has 5 rings (SSSR count). The summed E-state index contributed by atoms with van der Waals surface area (Å²) >= 11 is 7.79. The Bertz CT molecular complexity index is 1340. The number of nitrogens with zero attached hydrogens (tertiary/aromatic N) is 3. The molecule has 0 aromatic heterocycles. The van der Waals surface area contributed by atoms with Gasteiger partial charge in [-0.1, -0.05) is 61.0 Å². The van der Waals surface area contributed by atoms with Crippen molar-refractivity contribution in [1.82, 2.24) is 9.80 Å². The molecule has 2 aromatic carbocycles. The second kappa shape index (κ2) is 12.7. The highest BCUT2D eigenvalue weighted by atomic mass is 35.5. The van der Waals surface area contributed by atoms with Gasteiger partial charge in [0.2, 0.25) is 11.8 Å². The van der Waals surface area contributed by atoms with E-state index in [0.717, 1.165) is 12.0 Å². The lowest BCUT2D eigenvalue weighted by Crippen LogP contribution is -2.57. The minimum absolute atomic E-state index is 0.0383. The molecule has 42 heavy (non-hydrogen) atoms. The van der Waals surface area contributed by atoms with Crippen LogP contribution >= 0.6 is 23.4 Å². The molecule has 222 valence electrons. The van der Waals surface area contributed by atoms with Crippen LogP contribution in [0.3, 0.4) is 0 Å². The number of fused-ring (bicyclic) bond motifs is 1. The number of hydrogen-bond acceptors (Lipinski definition) is 5. The Balaban J connectivity index is 1.54. The Hall–Kier alpha value is -3.07. The van der Waals surface area contributed by atoms with Gasteiger partial charge in [-0.25, -0.2) is 0 Å². The maximum atomic E-state index is 14.6. The van der Waals surface area contributed by atoms with Crippen LogP contribution in [0.2, 0.25) is 5.02 Å². The molecule has 6 atom stereocenters. The molecule has 0 radical (unpaired) electrons. The molecule has 0 aliphatic carbocycles. The van der Waals surface area contributed by atoms with Crippen LogP contribution in [0.5, 0.6) is 0 Å². The van der Waals surface area contributed by atoms with Crippen LogP contribution in [0.25, 0.3) is 0 Å². The van der Waals surface area contributed by atoms with Gasteiger partial charge in [0.15, 0.2) is 0 Å². The fourth-order valence-electron chi connectivity index (χ4n) is 7.19. The Morgan fingerprint density at radius 2 is 1.79 bits per heavy atom. The Morgan fingerprint density at radius 3 is 2.43 bits per heavy atom. The van der Waals surface area contributed by atoms with E-state index < -0.39 is 22.6 Å². The number of rotatable bonds is 12. The van der Waals surface area contributed by atoms with Crippen molar-refractivity contribution >= 4 is 46.8 Å². The SMILES string of the molecule is C=CCN(Cc1ccccc1)C(=O)[C@@H]1[C@H]2C(=O)N(CCCO)C(C(=O)N(CC=C)c3ccc(Cl)cc3)C23S[C@@H]1CC3C. The molecule has 3 heterocycles. The molecule has 9 heteroatoms. The lowest BCUT2D eigenvalue weighted by atomic mass is 9.65. The molecule has 3 aliphatic heterocycles. The topological polar surface area (TPSA) is 81.2 Å². The lowest BCUT2D eigenvalue weighted by molar-refractivity contribution is -0.144. The van der Waals surface area contributed by atoms with Gasteiger partial charge >= 0.3 is 0 Å². The van der Waals surface area contributed by atoms with E-state index in [1.165, 1.54) is 0 Å². The predicted octanol–water partition coefficient (Wildman–Crippen LogP) is 4.79. The van der Waals surface area contributed by atoms with Crippen LogP contribution in [0.1, 0.15) is 25.3 Å². The molecule has 0 saturated carbocycles. The van der Waals surface area contributed by atoms with Gasteiger partial charge in [0.25, 0.3) is 5.91 Å². The fourth-order valence-corrected chi connectivity index (χ4v) is 9.72. The zero-order valence-corrected chi connectivity index (χ0v) is 25.5. The zero-order chi connectivity index (χ0) is 30.0. The van der Waals surface area contributed by atoms with Crippen LogP contribution in [0.4, 0.5) is 5.69 Å². The maximum Gasteiger partial charge on any atom is 0.251 e. The lowest BCUT2D eigenvalue weighted by Gasteiger charge is -2.41. The molecule has 7 nitrogen and oxygen atoms in total. The number of aliphatic hydroxyl groups excluding tert-OH is 1. The first-order chi connectivity index (χ1) is 20.3. The summed E-state index contributed by atoms with van der Waals surface area (Å²) in [5.41, 5.74) is 1.67. The average Bonchev–Trinajstić information content (AvgIpc) is 3.58. The van der Waals surface area contributed by atoms with E-state index in [2.05, 4.69) is 20.1 Å². The second-order valence-corrected chi connectivity index (χ2v) is 13.4. The fraction of sp³-hybridized carbons (Fsp3) is 0.424. The van der Waals surface area contributed by atoms with Crippen molar-refractivity contribution in [2.24, 2.45) is 17.8 Å². The summed E-state index contributed by atoms with van der Waals surface area (Å²) in [6.45, 7) is 11.0. The van der Waals surface area contributed by atoms with Gasteiger partial charge in [-0.2, -0.15) is 0 Å². The third-order valence-electron chi connectivity index (χ3n) is 8.92. The Kier molecular flexibility index (Phi) is 9.16. The first-order valence-corrected chi connectivity index (χ1v) is 15.7. The van der Waals surface area contributed by atoms with Crippen molar-refractivity contribution in [3.8, 4) is 0 Å². The number of amides is 3. The van der Waals surface area contributed by atoms with Gasteiger partial charge in [0.05, 0.1) is 16.6 Å². The number of likely N-dealkylation sites (tertiary alicyclic amines) is 1. The van der Waals surface area contributed by atoms with E-state index in [9.17, 15) is 19.5 Å².